The minimum atomic E-state index is -3.22. The molecule has 2 rings (SSSR count). The Bertz CT molecular complexity index is 729. The second-order valence-electron chi connectivity index (χ2n) is 6.65. The van der Waals surface area contributed by atoms with Crippen LogP contribution in [-0.2, 0) is 22.9 Å². The van der Waals surface area contributed by atoms with Crippen molar-refractivity contribution in [3.05, 3.63) is 22.9 Å². The number of hydrogen-bond acceptors (Lipinski definition) is 5. The number of carbonyl (C=O) groups excluding carboxylic acids is 1. The third-order valence-corrected chi connectivity index (χ3v) is 5.26. The molecule has 1 aromatic rings. The average Bonchev–Trinajstić information content (AvgIpc) is 2.66. The maximum Gasteiger partial charge on any atom is 0.255 e. The molecular formula is C16H26N4O3S. The standard InChI is InChI=1S/C16H26N4O3S/c1-11(2)17-16(21)13-10-12-6-8-20(24(5,22)23)9-7-14(12)18-15(13)19(3)4/h10-11H,6-9H2,1-5H3,(H,17,21). The lowest BCUT2D eigenvalue weighted by Crippen LogP contribution is -2.32. The number of nitrogens with zero attached hydrogens (tertiary/aromatic N) is 3. The number of carbonyl (C=O) groups is 1. The average molecular weight is 354 g/mol. The Morgan fingerprint density at radius 3 is 2.46 bits per heavy atom. The summed E-state index contributed by atoms with van der Waals surface area (Å²) in [5, 5.41) is 2.90. The first-order chi connectivity index (χ1) is 11.1. The SMILES string of the molecule is CC(C)NC(=O)c1cc2c(nc1N(C)C)CCN(S(C)(=O)=O)CC2. The molecule has 0 spiro atoms. The third-order valence-electron chi connectivity index (χ3n) is 3.96. The van der Waals surface area contributed by atoms with Crippen molar-refractivity contribution in [2.24, 2.45) is 0 Å². The van der Waals surface area contributed by atoms with E-state index in [1.165, 1.54) is 10.6 Å². The third kappa shape index (κ3) is 4.24. The van der Waals surface area contributed by atoms with Crippen LogP contribution in [0.5, 0.6) is 0 Å². The summed E-state index contributed by atoms with van der Waals surface area (Å²) in [4.78, 5) is 19.0. The highest BCUT2D eigenvalue weighted by atomic mass is 32.2. The molecule has 1 aliphatic heterocycles. The molecular weight excluding hydrogens is 328 g/mol. The minimum absolute atomic E-state index is 0.0343. The first-order valence-electron chi connectivity index (χ1n) is 8.05. The van der Waals surface area contributed by atoms with E-state index >= 15 is 0 Å². The first-order valence-corrected chi connectivity index (χ1v) is 9.90. The van der Waals surface area contributed by atoms with E-state index in [1.807, 2.05) is 38.9 Å². The molecule has 0 bridgehead atoms. The van der Waals surface area contributed by atoms with Crippen LogP contribution >= 0.6 is 0 Å². The molecule has 0 saturated carbocycles. The zero-order valence-corrected chi connectivity index (χ0v) is 15.8. The van der Waals surface area contributed by atoms with E-state index in [1.54, 1.807) is 0 Å². The molecule has 0 aromatic carbocycles. The number of nitrogens with one attached hydrogen (secondary N) is 1. The fourth-order valence-corrected chi connectivity index (χ4v) is 3.63. The second-order valence-corrected chi connectivity index (χ2v) is 8.63. The van der Waals surface area contributed by atoms with E-state index in [2.05, 4.69) is 10.3 Å². The molecule has 0 aliphatic carbocycles. The smallest absolute Gasteiger partial charge is 0.255 e. The van der Waals surface area contributed by atoms with Crippen LogP contribution in [0, 0.1) is 0 Å². The quantitative estimate of drug-likeness (QED) is 0.858. The highest BCUT2D eigenvalue weighted by Crippen LogP contribution is 2.24. The Kier molecular flexibility index (Phi) is 5.49. The zero-order chi connectivity index (χ0) is 18.1. The second kappa shape index (κ2) is 7.06. The Labute approximate surface area is 144 Å². The normalized spacial score (nSPS) is 15.8. The number of sulfonamides is 1. The molecule has 8 heteroatoms. The van der Waals surface area contributed by atoms with Crippen molar-refractivity contribution < 1.29 is 13.2 Å². The largest absolute Gasteiger partial charge is 0.362 e. The molecule has 134 valence electrons. The summed E-state index contributed by atoms with van der Waals surface area (Å²) in [5.41, 5.74) is 2.34. The van der Waals surface area contributed by atoms with Crippen LogP contribution in [-0.4, -0.2) is 63.1 Å². The molecule has 0 saturated heterocycles. The van der Waals surface area contributed by atoms with Gasteiger partial charge in [-0.05, 0) is 31.9 Å². The molecule has 1 aromatic heterocycles. The van der Waals surface area contributed by atoms with Gasteiger partial charge in [-0.3, -0.25) is 4.79 Å². The lowest BCUT2D eigenvalue weighted by molar-refractivity contribution is 0.0943. The van der Waals surface area contributed by atoms with E-state index in [4.69, 9.17) is 0 Å². The van der Waals surface area contributed by atoms with Crippen molar-refractivity contribution >= 4 is 21.7 Å². The van der Waals surface area contributed by atoms with Crippen LogP contribution in [0.1, 0.15) is 35.5 Å². The molecule has 7 nitrogen and oxygen atoms in total. The number of hydrogen-bond donors (Lipinski definition) is 1. The van der Waals surface area contributed by atoms with Gasteiger partial charge in [-0.15, -0.1) is 0 Å². The summed E-state index contributed by atoms with van der Waals surface area (Å²) in [6.45, 7) is 4.66. The Morgan fingerprint density at radius 1 is 1.29 bits per heavy atom. The van der Waals surface area contributed by atoms with Gasteiger partial charge >= 0.3 is 0 Å². The van der Waals surface area contributed by atoms with Gasteiger partial charge in [0.2, 0.25) is 10.0 Å². The summed E-state index contributed by atoms with van der Waals surface area (Å²) in [6.07, 6.45) is 2.34. The lowest BCUT2D eigenvalue weighted by Gasteiger charge is -2.19. The summed E-state index contributed by atoms with van der Waals surface area (Å²) in [7, 11) is 0.475. The molecule has 24 heavy (non-hydrogen) atoms. The van der Waals surface area contributed by atoms with Crippen molar-refractivity contribution in [1.29, 1.82) is 0 Å². The van der Waals surface area contributed by atoms with E-state index in [0.717, 1.165) is 11.3 Å². The number of rotatable bonds is 4. The van der Waals surface area contributed by atoms with Crippen LogP contribution in [0.3, 0.4) is 0 Å². The van der Waals surface area contributed by atoms with Gasteiger partial charge in [-0.2, -0.15) is 0 Å². The first kappa shape index (κ1) is 18.7. The summed E-state index contributed by atoms with van der Waals surface area (Å²) in [5.74, 6) is 0.452. The molecule has 0 fully saturated rings. The zero-order valence-electron chi connectivity index (χ0n) is 15.0. The molecule has 0 radical (unpaired) electrons. The van der Waals surface area contributed by atoms with Crippen LogP contribution < -0.4 is 10.2 Å². The van der Waals surface area contributed by atoms with E-state index in [9.17, 15) is 13.2 Å². The predicted octanol–water partition coefficient (Wildman–Crippen LogP) is 0.646. The topological polar surface area (TPSA) is 82.6 Å². The highest BCUT2D eigenvalue weighted by molar-refractivity contribution is 7.88. The molecule has 0 atom stereocenters. The van der Waals surface area contributed by atoms with Crippen LogP contribution in [0.15, 0.2) is 6.07 Å². The summed E-state index contributed by atoms with van der Waals surface area (Å²) in [6, 6.07) is 1.90. The lowest BCUT2D eigenvalue weighted by atomic mass is 10.0. The van der Waals surface area contributed by atoms with E-state index in [-0.39, 0.29) is 11.9 Å². The van der Waals surface area contributed by atoms with E-state index in [0.29, 0.717) is 37.3 Å². The van der Waals surface area contributed by atoms with Crippen molar-refractivity contribution in [1.82, 2.24) is 14.6 Å². The molecule has 0 unspecified atom stereocenters. The molecule has 2 heterocycles. The Morgan fingerprint density at radius 2 is 1.92 bits per heavy atom. The number of amides is 1. The molecule has 1 aliphatic rings. The van der Waals surface area contributed by atoms with Gasteiger partial charge in [0, 0.05) is 45.3 Å². The van der Waals surface area contributed by atoms with E-state index < -0.39 is 10.0 Å². The van der Waals surface area contributed by atoms with Crippen molar-refractivity contribution in [3.8, 4) is 0 Å². The van der Waals surface area contributed by atoms with Crippen LogP contribution in [0.4, 0.5) is 5.82 Å². The summed E-state index contributed by atoms with van der Waals surface area (Å²) >= 11 is 0. The van der Waals surface area contributed by atoms with Gasteiger partial charge in [-0.25, -0.2) is 17.7 Å². The highest BCUT2D eigenvalue weighted by Gasteiger charge is 2.25. The van der Waals surface area contributed by atoms with Gasteiger partial charge in [0.25, 0.3) is 5.91 Å². The number of fused-ring (bicyclic) bond motifs is 1. The minimum Gasteiger partial charge on any atom is -0.362 e. The number of aromatic nitrogens is 1. The van der Waals surface area contributed by atoms with Crippen molar-refractivity contribution in [3.63, 3.8) is 0 Å². The Hall–Kier alpha value is -1.67. The molecule has 1 N–H and O–H groups in total. The van der Waals surface area contributed by atoms with Gasteiger partial charge < -0.3 is 10.2 Å². The number of anilines is 1. The van der Waals surface area contributed by atoms with Crippen LogP contribution in [0.25, 0.3) is 0 Å². The molecule has 1 amide bonds. The Balaban J connectivity index is 2.41. The van der Waals surface area contributed by atoms with Crippen molar-refractivity contribution in [2.45, 2.75) is 32.7 Å². The maximum atomic E-state index is 12.5. The fourth-order valence-electron chi connectivity index (χ4n) is 2.78. The maximum absolute atomic E-state index is 12.5. The van der Waals surface area contributed by atoms with Crippen molar-refractivity contribution in [2.75, 3.05) is 38.3 Å². The fraction of sp³-hybridized carbons (Fsp3) is 0.625. The predicted molar refractivity (Wildman–Crippen MR) is 95.0 cm³/mol. The number of pyridine rings is 1. The monoisotopic (exact) mass is 354 g/mol. The van der Waals surface area contributed by atoms with Gasteiger partial charge in [0.15, 0.2) is 0 Å². The van der Waals surface area contributed by atoms with Gasteiger partial charge in [-0.1, -0.05) is 0 Å². The summed E-state index contributed by atoms with van der Waals surface area (Å²) < 4.78 is 25.1. The van der Waals surface area contributed by atoms with Gasteiger partial charge in [0.05, 0.1) is 11.8 Å². The van der Waals surface area contributed by atoms with Crippen LogP contribution in [0.2, 0.25) is 0 Å². The van der Waals surface area contributed by atoms with Gasteiger partial charge in [0.1, 0.15) is 5.82 Å².